The number of aliphatic hydroxyl groups is 4. The molecule has 6 rings (SSSR count). The number of anilines is 4. The van der Waals surface area contributed by atoms with Crippen molar-refractivity contribution >= 4 is 54.8 Å². The Labute approximate surface area is 340 Å². The number of aromatic nitrogens is 4. The molecular formula is C38H56N8O10S2. The molecule has 2 aliphatic rings. The number of hydrogen-bond acceptors (Lipinski definition) is 16. The van der Waals surface area contributed by atoms with E-state index in [1.807, 2.05) is 13.8 Å². The minimum atomic E-state index is -4.02. The Balaban J connectivity index is 0.000000273. The zero-order valence-corrected chi connectivity index (χ0v) is 34.7. The Morgan fingerprint density at radius 3 is 1.05 bits per heavy atom. The van der Waals surface area contributed by atoms with Gasteiger partial charge in [0.2, 0.25) is 11.9 Å². The molecule has 0 saturated carbocycles. The van der Waals surface area contributed by atoms with E-state index in [0.29, 0.717) is 49.1 Å². The molecule has 0 amide bonds. The Hall–Kier alpha value is -4.28. The summed E-state index contributed by atoms with van der Waals surface area (Å²) in [6.45, 7) is 8.06. The van der Waals surface area contributed by atoms with E-state index in [0.717, 1.165) is 74.6 Å². The molecule has 2 aromatic heterocycles. The van der Waals surface area contributed by atoms with Crippen molar-refractivity contribution in [2.45, 2.75) is 62.2 Å². The van der Waals surface area contributed by atoms with Crippen LogP contribution in [-0.2, 0) is 20.2 Å². The van der Waals surface area contributed by atoms with E-state index in [1.165, 1.54) is 37.1 Å². The van der Waals surface area contributed by atoms with Crippen LogP contribution in [0.3, 0.4) is 0 Å². The molecule has 0 aliphatic carbocycles. The van der Waals surface area contributed by atoms with Crippen molar-refractivity contribution in [3.63, 3.8) is 0 Å². The van der Waals surface area contributed by atoms with Crippen molar-refractivity contribution in [2.24, 2.45) is 0 Å². The van der Waals surface area contributed by atoms with Gasteiger partial charge in [0.25, 0.3) is 20.2 Å². The zero-order valence-electron chi connectivity index (χ0n) is 33.1. The molecule has 4 aromatic rings. The number of nitrogens with zero attached hydrogens (tertiary/aromatic N) is 8. The summed E-state index contributed by atoms with van der Waals surface area (Å²) in [6.07, 6.45) is 6.61. The van der Waals surface area contributed by atoms with Gasteiger partial charge in [-0.2, -0.15) is 26.8 Å². The lowest BCUT2D eigenvalue weighted by atomic mass is 10.1. The number of rotatable bonds is 14. The minimum absolute atomic E-state index is 0.0666. The average molecular weight is 849 g/mol. The van der Waals surface area contributed by atoms with Crippen molar-refractivity contribution in [3.8, 4) is 0 Å². The third-order valence-corrected chi connectivity index (χ3v) is 11.2. The first kappa shape index (κ1) is 46.4. The first-order valence-electron chi connectivity index (χ1n) is 19.3. The predicted molar refractivity (Wildman–Crippen MR) is 222 cm³/mol. The van der Waals surface area contributed by atoms with Crippen LogP contribution in [0.5, 0.6) is 0 Å². The van der Waals surface area contributed by atoms with Gasteiger partial charge in [0, 0.05) is 52.4 Å². The summed E-state index contributed by atoms with van der Waals surface area (Å²) in [5.74, 6) is 2.35. The highest BCUT2D eigenvalue weighted by molar-refractivity contribution is 7.86. The molecule has 4 heterocycles. The van der Waals surface area contributed by atoms with Crippen molar-refractivity contribution in [1.82, 2.24) is 19.9 Å². The second-order valence-corrected chi connectivity index (χ2v) is 16.8. The zero-order chi connectivity index (χ0) is 42.3. The van der Waals surface area contributed by atoms with Gasteiger partial charge in [-0.05, 0) is 76.6 Å². The smallest absolute Gasteiger partial charge is 0.294 e. The number of hydrogen-bond donors (Lipinski definition) is 6. The highest BCUT2D eigenvalue weighted by Crippen LogP contribution is 2.34. The van der Waals surface area contributed by atoms with Gasteiger partial charge < -0.3 is 40.0 Å². The summed E-state index contributed by atoms with van der Waals surface area (Å²) in [4.78, 5) is 27.6. The Morgan fingerprint density at radius 1 is 0.500 bits per heavy atom. The van der Waals surface area contributed by atoms with Gasteiger partial charge in [-0.25, -0.2) is 9.97 Å². The van der Waals surface area contributed by atoms with Crippen LogP contribution < -0.4 is 19.6 Å². The van der Waals surface area contributed by atoms with Crippen molar-refractivity contribution < 1.29 is 46.4 Å². The fraction of sp³-hybridized carbons (Fsp3) is 0.526. The van der Waals surface area contributed by atoms with Crippen LogP contribution in [0, 0.1) is 13.8 Å². The van der Waals surface area contributed by atoms with Crippen molar-refractivity contribution in [1.29, 1.82) is 0 Å². The Kier molecular flexibility index (Phi) is 17.8. The lowest BCUT2D eigenvalue weighted by Gasteiger charge is -2.33. The van der Waals surface area contributed by atoms with E-state index in [2.05, 4.69) is 9.80 Å². The Morgan fingerprint density at radius 2 is 0.793 bits per heavy atom. The van der Waals surface area contributed by atoms with Gasteiger partial charge in [-0.1, -0.05) is 35.4 Å². The average Bonchev–Trinajstić information content (AvgIpc) is 3.20. The topological polar surface area (TPSA) is 254 Å². The molecule has 2 saturated heterocycles. The van der Waals surface area contributed by atoms with Crippen LogP contribution in [-0.4, -0.2) is 145 Å². The molecule has 0 radical (unpaired) electrons. The SMILES string of the molecule is Cc1ccc(S(=O)(=O)O)cc1.Cc1ccc(S(=O)(=O)O)cc1.OCCN(CCO)c1nc(N2CCCCC2)c2nc(N(CCO)CCO)nc(N3CCCCC3)c2n1. The fourth-order valence-corrected chi connectivity index (χ4v) is 7.39. The highest BCUT2D eigenvalue weighted by atomic mass is 32.2. The molecule has 2 aromatic carbocycles. The van der Waals surface area contributed by atoms with Gasteiger partial charge in [0.1, 0.15) is 11.0 Å². The molecule has 6 N–H and O–H groups in total. The molecule has 2 fully saturated rings. The fourth-order valence-electron chi connectivity index (χ4n) is 6.43. The third kappa shape index (κ3) is 13.4. The van der Waals surface area contributed by atoms with Gasteiger partial charge in [-0.15, -0.1) is 0 Å². The summed E-state index contributed by atoms with van der Waals surface area (Å²) >= 11 is 0. The molecule has 0 spiro atoms. The quantitative estimate of drug-likeness (QED) is 0.0997. The van der Waals surface area contributed by atoms with Crippen molar-refractivity contribution in [3.05, 3.63) is 59.7 Å². The second-order valence-electron chi connectivity index (χ2n) is 13.9. The van der Waals surface area contributed by atoms with Gasteiger partial charge in [0.05, 0.1) is 36.2 Å². The maximum absolute atomic E-state index is 10.5. The van der Waals surface area contributed by atoms with Gasteiger partial charge >= 0.3 is 0 Å². The predicted octanol–water partition coefficient (Wildman–Crippen LogP) is 2.47. The maximum atomic E-state index is 10.5. The van der Waals surface area contributed by atoms with Crippen LogP contribution >= 0.6 is 0 Å². The summed E-state index contributed by atoms with van der Waals surface area (Å²) in [5, 5.41) is 38.6. The van der Waals surface area contributed by atoms with Crippen LogP contribution in [0.2, 0.25) is 0 Å². The molecule has 320 valence electrons. The lowest BCUT2D eigenvalue weighted by molar-refractivity contribution is 0.279. The molecular weight excluding hydrogens is 793 g/mol. The molecule has 20 heteroatoms. The van der Waals surface area contributed by atoms with Crippen LogP contribution in [0.1, 0.15) is 49.7 Å². The summed E-state index contributed by atoms with van der Waals surface area (Å²) in [7, 11) is -8.04. The van der Waals surface area contributed by atoms with E-state index in [9.17, 15) is 37.3 Å². The first-order chi connectivity index (χ1) is 27.7. The number of aryl methyl sites for hydroxylation is 2. The summed E-state index contributed by atoms with van der Waals surface area (Å²) < 4.78 is 59.1. The van der Waals surface area contributed by atoms with E-state index in [1.54, 1.807) is 34.1 Å². The van der Waals surface area contributed by atoms with E-state index >= 15 is 0 Å². The number of aliphatic hydroxyl groups excluding tert-OH is 4. The minimum Gasteiger partial charge on any atom is -0.395 e. The largest absolute Gasteiger partial charge is 0.395 e. The molecule has 58 heavy (non-hydrogen) atoms. The maximum Gasteiger partial charge on any atom is 0.294 e. The van der Waals surface area contributed by atoms with E-state index in [-0.39, 0.29) is 36.2 Å². The van der Waals surface area contributed by atoms with Crippen LogP contribution in [0.25, 0.3) is 11.0 Å². The molecule has 18 nitrogen and oxygen atoms in total. The summed E-state index contributed by atoms with van der Waals surface area (Å²) in [6, 6.07) is 12.0. The molecule has 0 atom stereocenters. The molecule has 2 aliphatic heterocycles. The van der Waals surface area contributed by atoms with Gasteiger partial charge in [0.15, 0.2) is 11.6 Å². The lowest BCUT2D eigenvalue weighted by Crippen LogP contribution is -2.36. The number of benzene rings is 2. The monoisotopic (exact) mass is 848 g/mol. The summed E-state index contributed by atoms with van der Waals surface area (Å²) in [5.41, 5.74) is 3.22. The Bertz CT molecular complexity index is 1940. The number of fused-ring (bicyclic) bond motifs is 1. The van der Waals surface area contributed by atoms with Crippen LogP contribution in [0.15, 0.2) is 58.3 Å². The highest BCUT2D eigenvalue weighted by Gasteiger charge is 2.27. The standard InChI is InChI=1S/C24H40N8O4.2C7H8O3S/c33-15-11-31(12-16-34)23-26-20-19(21(27-23)29-7-3-1-4-8-29)25-24(32(13-17-35)14-18-36)28-22(20)30-9-5-2-6-10-30;2*1-6-2-4-7(5-3-6)11(8,9)10/h33-36H,1-18H2;2*2-5H,1H3,(H,8,9,10). The van der Waals surface area contributed by atoms with Crippen LogP contribution in [0.4, 0.5) is 23.5 Å². The third-order valence-electron chi connectivity index (χ3n) is 9.48. The van der Waals surface area contributed by atoms with Crippen molar-refractivity contribution in [2.75, 3.05) is 98.4 Å². The normalized spacial score (nSPS) is 14.6. The number of piperidine rings is 2. The van der Waals surface area contributed by atoms with E-state index in [4.69, 9.17) is 29.0 Å². The van der Waals surface area contributed by atoms with E-state index < -0.39 is 20.2 Å². The molecule has 0 unspecified atom stereocenters. The van der Waals surface area contributed by atoms with Gasteiger partial charge in [-0.3, -0.25) is 9.11 Å². The first-order valence-corrected chi connectivity index (χ1v) is 22.2. The second kappa shape index (κ2) is 22.2. The molecule has 0 bridgehead atoms.